The third-order valence-corrected chi connectivity index (χ3v) is 0.921. The summed E-state index contributed by atoms with van der Waals surface area (Å²) in [5, 5.41) is 15.3. The van der Waals surface area contributed by atoms with Gasteiger partial charge in [-0.15, -0.1) is 0 Å². The van der Waals surface area contributed by atoms with E-state index >= 15 is 0 Å². The minimum atomic E-state index is -1.48. The van der Waals surface area contributed by atoms with Crippen LogP contribution in [0.5, 0.6) is 0 Å². The van der Waals surface area contributed by atoms with Crippen molar-refractivity contribution < 1.29 is 29.0 Å². The first-order valence-electron chi connectivity index (χ1n) is 3.16. The molecule has 0 radical (unpaired) electrons. The Morgan fingerprint density at radius 3 is 2.00 bits per heavy atom. The van der Waals surface area contributed by atoms with Gasteiger partial charge in [-0.3, -0.25) is 14.8 Å². The summed E-state index contributed by atoms with van der Waals surface area (Å²) in [5.41, 5.74) is 6.07. The molecule has 0 saturated heterocycles. The number of carbonyl (C=O) groups excluding carboxylic acids is 2. The van der Waals surface area contributed by atoms with Gasteiger partial charge in [0, 0.05) is 12.8 Å². The lowest BCUT2D eigenvalue weighted by Gasteiger charge is -1.92. The molecule has 82 valence electrons. The van der Waals surface area contributed by atoms with Gasteiger partial charge < -0.3 is 15.1 Å². The van der Waals surface area contributed by atoms with Gasteiger partial charge >= 0.3 is 6.16 Å². The Kier molecular flexibility index (Phi) is 10.2. The molecule has 0 aromatic rings. The highest BCUT2D eigenvalue weighted by atomic mass is 35.5. The van der Waals surface area contributed by atoms with E-state index in [4.69, 9.17) is 20.8 Å². The van der Waals surface area contributed by atoms with Gasteiger partial charge in [0.1, 0.15) is 11.9 Å². The molecule has 0 aliphatic rings. The smallest absolute Gasteiger partial charge is 0.449 e. The predicted molar refractivity (Wildman–Crippen MR) is 43.3 cm³/mol. The van der Waals surface area contributed by atoms with Gasteiger partial charge in [0.05, 0.1) is 0 Å². The third kappa shape index (κ3) is 16.8. The Morgan fingerprint density at radius 2 is 1.79 bits per heavy atom. The lowest BCUT2D eigenvalue weighted by molar-refractivity contribution is -0.131. The van der Waals surface area contributed by atoms with E-state index in [1.54, 1.807) is 0 Å². The summed E-state index contributed by atoms with van der Waals surface area (Å²) in [7, 11) is 0. The van der Waals surface area contributed by atoms with Crippen LogP contribution in [0, 0.1) is 0 Å². The van der Waals surface area contributed by atoms with Crippen LogP contribution < -0.4 is 11.2 Å². The highest BCUT2D eigenvalue weighted by Crippen LogP contribution is 1.84. The number of primary amides is 1. The number of amides is 2. The van der Waals surface area contributed by atoms with Crippen molar-refractivity contribution in [3.63, 3.8) is 0 Å². The maximum Gasteiger partial charge on any atom is 0.524 e. The topological polar surface area (TPSA) is 139 Å². The van der Waals surface area contributed by atoms with Crippen LogP contribution in [0.2, 0.25) is 0 Å². The van der Waals surface area contributed by atoms with Crippen LogP contribution in [0.3, 0.4) is 0 Å². The zero-order valence-corrected chi connectivity index (χ0v) is 7.65. The summed E-state index contributed by atoms with van der Waals surface area (Å²) >= 11 is 4.24. The van der Waals surface area contributed by atoms with Crippen molar-refractivity contribution in [1.29, 1.82) is 0 Å². The lowest BCUT2D eigenvalue weighted by atomic mass is 10.3. The van der Waals surface area contributed by atoms with Crippen LogP contribution >= 0.6 is 11.9 Å². The molecular formula is C5H9ClN2O6. The van der Waals surface area contributed by atoms with Gasteiger partial charge in [0.25, 0.3) is 0 Å². The first kappa shape index (κ1) is 15.0. The Labute approximate surface area is 83.7 Å². The zero-order chi connectivity index (χ0) is 11.6. The van der Waals surface area contributed by atoms with E-state index in [2.05, 4.69) is 16.2 Å². The number of hydroxylamine groups is 1. The van der Waals surface area contributed by atoms with Gasteiger partial charge in [-0.1, -0.05) is 0 Å². The van der Waals surface area contributed by atoms with Crippen molar-refractivity contribution in [3.8, 4) is 0 Å². The van der Waals surface area contributed by atoms with Crippen LogP contribution in [0.25, 0.3) is 0 Å². The van der Waals surface area contributed by atoms with E-state index in [1.165, 1.54) is 5.48 Å². The van der Waals surface area contributed by atoms with E-state index in [0.717, 1.165) is 0 Å². The normalized spacial score (nSPS) is 7.86. The Morgan fingerprint density at radius 1 is 1.36 bits per heavy atom. The number of rotatable bonds is 3. The quantitative estimate of drug-likeness (QED) is 0.383. The second-order valence-electron chi connectivity index (χ2n) is 1.84. The van der Waals surface area contributed by atoms with E-state index in [1.807, 2.05) is 0 Å². The number of carbonyl (C=O) groups is 3. The third-order valence-electron chi connectivity index (χ3n) is 0.789. The van der Waals surface area contributed by atoms with Gasteiger partial charge in [-0.2, -0.15) is 0 Å². The Bertz CT molecular complexity index is 208. The highest BCUT2D eigenvalue weighted by Gasteiger charge is 2.00. The molecule has 0 fully saturated rings. The number of nitrogens with two attached hydrogens (primary N) is 1. The second-order valence-corrected chi connectivity index (χ2v) is 2.00. The first-order chi connectivity index (χ1) is 6.43. The fourth-order valence-electron chi connectivity index (χ4n) is 0.293. The minimum absolute atomic E-state index is 0.0353. The van der Waals surface area contributed by atoms with Crippen molar-refractivity contribution in [2.75, 3.05) is 0 Å². The average molecular weight is 229 g/mol. The van der Waals surface area contributed by atoms with Crippen molar-refractivity contribution in [2.45, 2.75) is 12.8 Å². The highest BCUT2D eigenvalue weighted by molar-refractivity contribution is 6.12. The molecule has 14 heavy (non-hydrogen) atoms. The molecular weight excluding hydrogens is 220 g/mol. The molecule has 0 bridgehead atoms. The summed E-state index contributed by atoms with van der Waals surface area (Å²) in [4.78, 5) is 29.1. The molecule has 2 amide bonds. The maximum atomic E-state index is 10.1. The average Bonchev–Trinajstić information content (AvgIpc) is 2.14. The maximum absolute atomic E-state index is 10.1. The molecule has 8 nitrogen and oxygen atoms in total. The molecule has 0 spiro atoms. The Hall–Kier alpha value is -1.54. The van der Waals surface area contributed by atoms with E-state index < -0.39 is 18.0 Å². The molecule has 0 aromatic heterocycles. The van der Waals surface area contributed by atoms with Crippen LogP contribution in [-0.2, 0) is 13.9 Å². The van der Waals surface area contributed by atoms with Crippen molar-refractivity contribution in [3.05, 3.63) is 0 Å². The summed E-state index contributed by atoms with van der Waals surface area (Å²) < 4.78 is 3.14. The minimum Gasteiger partial charge on any atom is -0.449 e. The number of halogens is 1. The molecule has 9 heteroatoms. The summed E-state index contributed by atoms with van der Waals surface area (Å²) in [5.74, 6) is -1.16. The van der Waals surface area contributed by atoms with Crippen LogP contribution in [0.4, 0.5) is 4.79 Å². The molecule has 0 aliphatic heterocycles. The molecule has 5 N–H and O–H groups in total. The first-order valence-corrected chi connectivity index (χ1v) is 3.47. The predicted octanol–water partition coefficient (Wildman–Crippen LogP) is -0.408. The molecule has 0 atom stereocenters. The van der Waals surface area contributed by atoms with Gasteiger partial charge in [-0.25, -0.2) is 10.3 Å². The SMILES string of the molecule is NC(=O)CCC(=O)NO.O=C(O)OCl. The molecule has 0 saturated carbocycles. The fourth-order valence-corrected chi connectivity index (χ4v) is 0.293. The number of nitrogens with one attached hydrogen (secondary N) is 1. The lowest BCUT2D eigenvalue weighted by Crippen LogP contribution is -2.21. The molecule has 0 heterocycles. The van der Waals surface area contributed by atoms with Crippen LogP contribution in [-0.4, -0.2) is 28.3 Å². The van der Waals surface area contributed by atoms with E-state index in [0.29, 0.717) is 0 Å². The van der Waals surface area contributed by atoms with Gasteiger partial charge in [0.2, 0.25) is 11.8 Å². The largest absolute Gasteiger partial charge is 0.524 e. The number of carboxylic acid groups (broad SMARTS) is 1. The molecule has 0 aromatic carbocycles. The summed E-state index contributed by atoms with van der Waals surface area (Å²) in [6, 6.07) is 0. The number of hydrogen-bond donors (Lipinski definition) is 4. The van der Waals surface area contributed by atoms with Crippen molar-refractivity contribution in [2.24, 2.45) is 5.73 Å². The fraction of sp³-hybridized carbons (Fsp3) is 0.400. The zero-order valence-electron chi connectivity index (χ0n) is 6.90. The van der Waals surface area contributed by atoms with Gasteiger partial charge in [0.15, 0.2) is 0 Å². The second kappa shape index (κ2) is 9.55. The number of hydrogen-bond acceptors (Lipinski definition) is 5. The molecule has 0 unspecified atom stereocenters. The van der Waals surface area contributed by atoms with Crippen molar-refractivity contribution >= 4 is 29.8 Å². The monoisotopic (exact) mass is 228 g/mol. The van der Waals surface area contributed by atoms with Crippen LogP contribution in [0.1, 0.15) is 12.8 Å². The molecule has 0 rings (SSSR count). The van der Waals surface area contributed by atoms with E-state index in [-0.39, 0.29) is 12.8 Å². The Balaban J connectivity index is 0. The van der Waals surface area contributed by atoms with E-state index in [9.17, 15) is 9.59 Å². The molecule has 0 aliphatic carbocycles. The van der Waals surface area contributed by atoms with Crippen molar-refractivity contribution in [1.82, 2.24) is 5.48 Å². The summed E-state index contributed by atoms with van der Waals surface area (Å²) in [6.07, 6.45) is -1.58. The van der Waals surface area contributed by atoms with Crippen LogP contribution in [0.15, 0.2) is 0 Å². The summed E-state index contributed by atoms with van der Waals surface area (Å²) in [6.45, 7) is 0. The van der Waals surface area contributed by atoms with Gasteiger partial charge in [-0.05, 0) is 0 Å². The standard InChI is InChI=1S/C4H8N2O3.CHClO3/c5-3(7)1-2-4(8)6-9;2-5-1(3)4/h9H,1-2H2,(H2,5,7)(H,6,8);(H,3,4).